The Morgan fingerprint density at radius 2 is 2.06 bits per heavy atom. The van der Waals surface area contributed by atoms with Crippen molar-refractivity contribution in [3.05, 3.63) is 24.0 Å². The fourth-order valence-electron chi connectivity index (χ4n) is 3.82. The Balaban J connectivity index is 1.66. The lowest BCUT2D eigenvalue weighted by atomic mass is 10.1. The van der Waals surface area contributed by atoms with E-state index in [0.29, 0.717) is 55.3 Å². The van der Waals surface area contributed by atoms with E-state index in [-0.39, 0.29) is 11.8 Å². The van der Waals surface area contributed by atoms with Gasteiger partial charge < -0.3 is 20.4 Å². The van der Waals surface area contributed by atoms with Gasteiger partial charge in [0.15, 0.2) is 5.82 Å². The Morgan fingerprint density at radius 3 is 2.76 bits per heavy atom. The lowest BCUT2D eigenvalue weighted by Gasteiger charge is -2.12. The number of hydrogen-bond acceptors (Lipinski definition) is 7. The van der Waals surface area contributed by atoms with Crippen LogP contribution in [0.25, 0.3) is 21.9 Å². The number of amides is 1. The van der Waals surface area contributed by atoms with Crippen molar-refractivity contribution in [3.63, 3.8) is 0 Å². The number of aryl methyl sites for hydroxylation is 1. The van der Waals surface area contributed by atoms with Gasteiger partial charge in [-0.15, -0.1) is 0 Å². The van der Waals surface area contributed by atoms with Gasteiger partial charge in [-0.1, -0.05) is 0 Å². The van der Waals surface area contributed by atoms with Crippen molar-refractivity contribution in [3.8, 4) is 0 Å². The van der Waals surface area contributed by atoms with Crippen LogP contribution in [0, 0.1) is 5.92 Å². The molecule has 0 aliphatic heterocycles. The predicted octanol–water partition coefficient (Wildman–Crippen LogP) is 2.38. The normalized spacial score (nSPS) is 14.2. The summed E-state index contributed by atoms with van der Waals surface area (Å²) < 4.78 is 32.8. The number of carbonyl (C=O) groups excluding carboxylic acids is 1. The molecular formula is C22H30N6O4S. The zero-order valence-corrected chi connectivity index (χ0v) is 19.7. The van der Waals surface area contributed by atoms with Crippen LogP contribution < -0.4 is 15.8 Å². The molecular weight excluding hydrogens is 444 g/mol. The number of unbranched alkanes of at least 4 members (excludes halogenated alkanes) is 1. The molecule has 0 saturated heterocycles. The molecule has 1 amide bonds. The summed E-state index contributed by atoms with van der Waals surface area (Å²) in [5, 5.41) is 3.84. The second kappa shape index (κ2) is 9.62. The number of nitrogens with zero attached hydrogens (tertiary/aromatic N) is 3. The van der Waals surface area contributed by atoms with Gasteiger partial charge >= 0.3 is 0 Å². The van der Waals surface area contributed by atoms with E-state index in [1.165, 1.54) is 0 Å². The highest BCUT2D eigenvalue weighted by Crippen LogP contribution is 2.33. The number of imidazole rings is 1. The van der Waals surface area contributed by atoms with Gasteiger partial charge in [0.25, 0.3) is 0 Å². The van der Waals surface area contributed by atoms with Crippen LogP contribution in [0.15, 0.2) is 18.2 Å². The summed E-state index contributed by atoms with van der Waals surface area (Å²) in [5.41, 5.74) is 9.12. The summed E-state index contributed by atoms with van der Waals surface area (Å²) in [6, 6.07) is 5.64. The molecule has 1 aliphatic carbocycles. The Kier molecular flexibility index (Phi) is 6.82. The second-order valence-electron chi connectivity index (χ2n) is 8.38. The number of aromatic nitrogens is 3. The van der Waals surface area contributed by atoms with Gasteiger partial charge in [-0.2, -0.15) is 0 Å². The molecule has 0 unspecified atom stereocenters. The van der Waals surface area contributed by atoms with Gasteiger partial charge in [0.1, 0.15) is 17.9 Å². The third-order valence-electron chi connectivity index (χ3n) is 5.61. The molecule has 0 spiro atoms. The number of benzene rings is 1. The molecule has 3 aromatic rings. The van der Waals surface area contributed by atoms with Crippen LogP contribution in [0.3, 0.4) is 0 Å². The summed E-state index contributed by atoms with van der Waals surface area (Å²) in [6.07, 6.45) is 4.45. The molecule has 0 radical (unpaired) electrons. The highest BCUT2D eigenvalue weighted by atomic mass is 32.2. The van der Waals surface area contributed by atoms with E-state index in [4.69, 9.17) is 15.5 Å². The zero-order valence-electron chi connectivity index (χ0n) is 18.9. The van der Waals surface area contributed by atoms with Gasteiger partial charge in [-0.3, -0.25) is 4.79 Å². The number of sulfonamides is 1. The number of anilines is 2. The third-order valence-corrected chi connectivity index (χ3v) is 6.34. The first-order valence-electron chi connectivity index (χ1n) is 11.2. The maximum absolute atomic E-state index is 12.2. The topological polar surface area (TPSA) is 141 Å². The van der Waals surface area contributed by atoms with E-state index in [1.807, 2.05) is 25.1 Å². The van der Waals surface area contributed by atoms with Crippen molar-refractivity contribution in [2.45, 2.75) is 45.8 Å². The fourth-order valence-corrected chi connectivity index (χ4v) is 4.34. The minimum atomic E-state index is -3.21. The molecule has 0 bridgehead atoms. The van der Waals surface area contributed by atoms with E-state index >= 15 is 0 Å². The van der Waals surface area contributed by atoms with Crippen molar-refractivity contribution < 1.29 is 17.9 Å². The number of nitrogen functional groups attached to an aromatic ring is 1. The number of nitrogens with two attached hydrogens (primary N) is 1. The monoisotopic (exact) mass is 474 g/mol. The van der Waals surface area contributed by atoms with Crippen LogP contribution in [0.2, 0.25) is 0 Å². The van der Waals surface area contributed by atoms with Crippen molar-refractivity contribution in [1.29, 1.82) is 0 Å². The number of nitrogens with one attached hydrogen (secondary N) is 2. The van der Waals surface area contributed by atoms with E-state index in [9.17, 15) is 13.2 Å². The molecule has 1 saturated carbocycles. The number of carbonyl (C=O) groups is 1. The van der Waals surface area contributed by atoms with E-state index in [1.54, 1.807) is 0 Å². The molecule has 1 aromatic carbocycles. The van der Waals surface area contributed by atoms with E-state index in [2.05, 4.69) is 19.6 Å². The molecule has 1 fully saturated rings. The standard InChI is InChI=1S/C22H30N6O4S/c1-3-32-13-18-27-19-20(28(18)11-5-4-10-24-33(2,30)31)16-9-8-15(12-17(16)26-21(19)23)25-22(29)14-6-7-14/h8-9,12,14,24H,3-7,10-11,13H2,1-2H3,(H2,23,26)(H,25,29). The number of hydrogen-bond donors (Lipinski definition) is 3. The zero-order chi connectivity index (χ0) is 23.6. The molecule has 2 heterocycles. The fraction of sp³-hybridized carbons (Fsp3) is 0.500. The van der Waals surface area contributed by atoms with Gasteiger partial charge in [-0.25, -0.2) is 23.1 Å². The van der Waals surface area contributed by atoms with Crippen LogP contribution >= 0.6 is 0 Å². The molecule has 4 rings (SSSR count). The number of pyridine rings is 1. The molecule has 10 nitrogen and oxygen atoms in total. The average Bonchev–Trinajstić information content (AvgIpc) is 3.54. The van der Waals surface area contributed by atoms with Crippen molar-refractivity contribution in [1.82, 2.24) is 19.3 Å². The van der Waals surface area contributed by atoms with Crippen LogP contribution in [0.1, 0.15) is 38.4 Å². The van der Waals surface area contributed by atoms with Crippen LogP contribution in [0.4, 0.5) is 11.5 Å². The Hall–Kier alpha value is -2.76. The number of ether oxygens (including phenoxy) is 1. The summed E-state index contributed by atoms with van der Waals surface area (Å²) in [5.74, 6) is 1.21. The SMILES string of the molecule is CCOCc1nc2c(N)nc3cc(NC(=O)C4CC4)ccc3c2n1CCCCNS(C)(=O)=O. The highest BCUT2D eigenvalue weighted by Gasteiger charge is 2.29. The summed E-state index contributed by atoms with van der Waals surface area (Å²) in [4.78, 5) is 21.4. The molecule has 178 valence electrons. The Morgan fingerprint density at radius 1 is 1.27 bits per heavy atom. The maximum atomic E-state index is 12.2. The lowest BCUT2D eigenvalue weighted by Crippen LogP contribution is -2.23. The molecule has 4 N–H and O–H groups in total. The molecule has 33 heavy (non-hydrogen) atoms. The van der Waals surface area contributed by atoms with E-state index in [0.717, 1.165) is 42.2 Å². The van der Waals surface area contributed by atoms with Crippen LogP contribution in [-0.4, -0.2) is 48.3 Å². The van der Waals surface area contributed by atoms with E-state index < -0.39 is 10.0 Å². The first-order chi connectivity index (χ1) is 15.8. The summed E-state index contributed by atoms with van der Waals surface area (Å²) >= 11 is 0. The third kappa shape index (κ3) is 5.60. The van der Waals surface area contributed by atoms with Crippen molar-refractivity contribution >= 4 is 49.4 Å². The smallest absolute Gasteiger partial charge is 0.227 e. The predicted molar refractivity (Wildman–Crippen MR) is 128 cm³/mol. The van der Waals surface area contributed by atoms with Crippen LogP contribution in [-0.2, 0) is 32.7 Å². The molecule has 1 aliphatic rings. The first-order valence-corrected chi connectivity index (χ1v) is 13.1. The molecule has 0 atom stereocenters. The van der Waals surface area contributed by atoms with Gasteiger partial charge in [-0.05, 0) is 50.8 Å². The van der Waals surface area contributed by atoms with Crippen molar-refractivity contribution in [2.24, 2.45) is 5.92 Å². The summed E-state index contributed by atoms with van der Waals surface area (Å²) in [6.45, 7) is 3.82. The van der Waals surface area contributed by atoms with Gasteiger partial charge in [0.05, 0.1) is 17.3 Å². The Bertz CT molecular complexity index is 1280. The largest absolute Gasteiger partial charge is 0.382 e. The second-order valence-corrected chi connectivity index (χ2v) is 10.2. The van der Waals surface area contributed by atoms with Gasteiger partial charge in [0.2, 0.25) is 15.9 Å². The first kappa shape index (κ1) is 23.4. The highest BCUT2D eigenvalue weighted by molar-refractivity contribution is 7.88. The Labute approximate surface area is 193 Å². The minimum absolute atomic E-state index is 0.0372. The number of fused-ring (bicyclic) bond motifs is 3. The lowest BCUT2D eigenvalue weighted by molar-refractivity contribution is -0.117. The summed E-state index contributed by atoms with van der Waals surface area (Å²) in [7, 11) is -3.21. The van der Waals surface area contributed by atoms with Crippen molar-refractivity contribution in [2.75, 3.05) is 30.5 Å². The maximum Gasteiger partial charge on any atom is 0.227 e. The van der Waals surface area contributed by atoms with Crippen LogP contribution in [0.5, 0.6) is 0 Å². The average molecular weight is 475 g/mol. The molecule has 11 heteroatoms. The van der Waals surface area contributed by atoms with Gasteiger partial charge in [0, 0.05) is 36.7 Å². The number of rotatable bonds is 11. The quantitative estimate of drug-likeness (QED) is 0.362. The minimum Gasteiger partial charge on any atom is -0.382 e. The molecule has 2 aromatic heterocycles.